The van der Waals surface area contributed by atoms with Gasteiger partial charge in [0, 0.05) is 6.10 Å². The number of hydrogen-bond donors (Lipinski definition) is 0. The Morgan fingerprint density at radius 2 is 1.58 bits per heavy atom. The van der Waals surface area contributed by atoms with Crippen molar-refractivity contribution in [2.45, 2.75) is 136 Å². The molecule has 0 spiro atoms. The van der Waals surface area contributed by atoms with E-state index in [2.05, 4.69) is 75.0 Å². The van der Waals surface area contributed by atoms with Gasteiger partial charge in [-0.3, -0.25) is 0 Å². The topological polar surface area (TPSA) is 9.23 Å². The van der Waals surface area contributed by atoms with E-state index in [0.717, 1.165) is 23.7 Å². The molecule has 4 aliphatic rings. The highest BCUT2D eigenvalue weighted by Crippen LogP contribution is 2.67. The summed E-state index contributed by atoms with van der Waals surface area (Å²) < 4.78 is 7.31. The molecule has 0 aliphatic heterocycles. The van der Waals surface area contributed by atoms with E-state index in [1.165, 1.54) is 56.9 Å². The van der Waals surface area contributed by atoms with Gasteiger partial charge in [0.1, 0.15) is 0 Å². The van der Waals surface area contributed by atoms with Gasteiger partial charge >= 0.3 is 0 Å². The van der Waals surface area contributed by atoms with Gasteiger partial charge in [0.25, 0.3) is 0 Å². The van der Waals surface area contributed by atoms with Gasteiger partial charge in [-0.15, -0.1) is 0 Å². The van der Waals surface area contributed by atoms with E-state index in [1.54, 1.807) is 5.57 Å². The molecule has 0 bridgehead atoms. The average molecular weight is 471 g/mol. The van der Waals surface area contributed by atoms with Crippen molar-refractivity contribution < 1.29 is 4.43 Å². The molecule has 0 radical (unpaired) electrons. The molecule has 1 nitrogen and oxygen atoms in total. The molecule has 3 fully saturated rings. The van der Waals surface area contributed by atoms with E-state index in [9.17, 15) is 0 Å². The van der Waals surface area contributed by atoms with Crippen molar-refractivity contribution in [2.75, 3.05) is 0 Å². The summed E-state index contributed by atoms with van der Waals surface area (Å²) in [6, 6.07) is 0. The molecule has 7 atom stereocenters. The van der Waals surface area contributed by atoms with Gasteiger partial charge in [-0.25, -0.2) is 0 Å². The Kier molecular flexibility index (Phi) is 6.98. The van der Waals surface area contributed by atoms with Crippen LogP contribution in [0.3, 0.4) is 0 Å². The van der Waals surface area contributed by atoms with Crippen LogP contribution >= 0.6 is 0 Å². The largest absolute Gasteiger partial charge is 0.413 e. The van der Waals surface area contributed by atoms with Gasteiger partial charge in [-0.05, 0) is 109 Å². The summed E-state index contributed by atoms with van der Waals surface area (Å²) in [4.78, 5) is 0. The highest BCUT2D eigenvalue weighted by Gasteiger charge is 2.59. The van der Waals surface area contributed by atoms with Crippen LogP contribution in [-0.2, 0) is 4.43 Å². The lowest BCUT2D eigenvalue weighted by Crippen LogP contribution is -2.53. The Morgan fingerprint density at radius 3 is 2.15 bits per heavy atom. The van der Waals surface area contributed by atoms with E-state index in [0.29, 0.717) is 33.6 Å². The van der Waals surface area contributed by atoms with E-state index < -0.39 is 8.32 Å². The van der Waals surface area contributed by atoms with Crippen LogP contribution in [0.4, 0.5) is 0 Å². The second-order valence-corrected chi connectivity index (χ2v) is 19.5. The summed E-state index contributed by atoms with van der Waals surface area (Å²) in [6.07, 6.45) is 14.0. The van der Waals surface area contributed by atoms with Crippen molar-refractivity contribution in [3.8, 4) is 0 Å². The third kappa shape index (κ3) is 3.89. The molecular weight excluding hydrogens is 416 g/mol. The first-order valence-corrected chi connectivity index (χ1v) is 16.5. The monoisotopic (exact) mass is 470 g/mol. The van der Waals surface area contributed by atoms with Crippen molar-refractivity contribution in [3.05, 3.63) is 23.8 Å². The lowest BCUT2D eigenvalue weighted by Gasteiger charge is -2.58. The normalized spacial score (nSPS) is 41.1. The molecule has 0 unspecified atom stereocenters. The fraction of sp³-hybridized carbons (Fsp3) is 0.871. The summed E-state index contributed by atoms with van der Waals surface area (Å²) in [6.45, 7) is 26.6. The van der Waals surface area contributed by atoms with Crippen LogP contribution in [0.2, 0.25) is 16.6 Å². The molecular formula is C31H54OSi. The molecule has 4 rings (SSSR count). The molecule has 2 heteroatoms. The third-order valence-electron chi connectivity index (χ3n) is 11.7. The van der Waals surface area contributed by atoms with E-state index in [1.807, 2.05) is 0 Å². The van der Waals surface area contributed by atoms with Crippen LogP contribution < -0.4 is 0 Å². The minimum Gasteiger partial charge on any atom is -0.413 e. The fourth-order valence-electron chi connectivity index (χ4n) is 10.2. The predicted octanol–water partition coefficient (Wildman–Crippen LogP) is 9.70. The average Bonchev–Trinajstić information content (AvgIpc) is 3.08. The smallest absolute Gasteiger partial charge is 0.200 e. The zero-order valence-electron chi connectivity index (χ0n) is 23.5. The summed E-state index contributed by atoms with van der Waals surface area (Å²) in [5.74, 6) is 3.45. The van der Waals surface area contributed by atoms with Crippen molar-refractivity contribution in [2.24, 2.45) is 34.5 Å². The molecule has 0 aromatic heterocycles. The molecule has 0 aromatic carbocycles. The van der Waals surface area contributed by atoms with Crippen LogP contribution in [0.1, 0.15) is 114 Å². The zero-order valence-corrected chi connectivity index (χ0v) is 24.5. The molecule has 3 saturated carbocycles. The van der Waals surface area contributed by atoms with Crippen molar-refractivity contribution in [1.82, 2.24) is 0 Å². The molecule has 4 aliphatic carbocycles. The van der Waals surface area contributed by atoms with Gasteiger partial charge in [-0.1, -0.05) is 79.2 Å². The minimum absolute atomic E-state index is 0.420. The summed E-state index contributed by atoms with van der Waals surface area (Å²) in [7, 11) is -1.81. The molecule has 188 valence electrons. The molecule has 0 N–H and O–H groups in total. The van der Waals surface area contributed by atoms with Crippen LogP contribution in [0.5, 0.6) is 0 Å². The predicted molar refractivity (Wildman–Crippen MR) is 146 cm³/mol. The lowest BCUT2D eigenvalue weighted by atomic mass is 9.47. The summed E-state index contributed by atoms with van der Waals surface area (Å²) in [5, 5.41) is 0. The van der Waals surface area contributed by atoms with Crippen molar-refractivity contribution in [1.29, 1.82) is 0 Å². The standard InChI is InChI=1S/C31H54OSi/c1-20(2)27-13-14-28-26-12-11-24-19-25(32-33(21(3)4,22(5)6)23(7)8)15-17-30(24,9)29(26)16-18-31(27,28)10/h11,21-23,25-29H,1,12-19H2,2-10H3/t25-,26-,27+,28-,29-,30-,31+/m0/s1. The van der Waals surface area contributed by atoms with E-state index in [-0.39, 0.29) is 0 Å². The fourth-order valence-corrected chi connectivity index (χ4v) is 15.8. The van der Waals surface area contributed by atoms with Gasteiger partial charge < -0.3 is 4.43 Å². The Hall–Kier alpha value is -0.343. The van der Waals surface area contributed by atoms with Crippen LogP contribution in [0.15, 0.2) is 23.8 Å². The first-order valence-electron chi connectivity index (χ1n) is 14.4. The molecule has 0 aromatic rings. The number of hydrogen-bond acceptors (Lipinski definition) is 1. The van der Waals surface area contributed by atoms with Gasteiger partial charge in [0.05, 0.1) is 0 Å². The number of fused-ring (bicyclic) bond motifs is 5. The maximum Gasteiger partial charge on any atom is 0.200 e. The Bertz CT molecular complexity index is 756. The first-order chi connectivity index (χ1) is 15.4. The molecule has 0 saturated heterocycles. The molecule has 33 heavy (non-hydrogen) atoms. The third-order valence-corrected chi connectivity index (χ3v) is 17.9. The summed E-state index contributed by atoms with van der Waals surface area (Å²) in [5.41, 5.74) is 6.18. The second-order valence-electron chi connectivity index (χ2n) is 14.1. The SMILES string of the molecule is C=C(C)[C@H]1CC[C@H]2[C@@H]3CC=C4C[C@@H](O[Si](C(C)C)(C(C)C)C(C)C)CC[C@]4(C)[C@H]3CC[C@]12C. The van der Waals surface area contributed by atoms with Gasteiger partial charge in [-0.2, -0.15) is 0 Å². The minimum atomic E-state index is -1.81. The highest BCUT2D eigenvalue weighted by molar-refractivity contribution is 6.77. The molecule has 0 heterocycles. The summed E-state index contributed by atoms with van der Waals surface area (Å²) >= 11 is 0. The van der Waals surface area contributed by atoms with Crippen molar-refractivity contribution in [3.63, 3.8) is 0 Å². The van der Waals surface area contributed by atoms with E-state index in [4.69, 9.17) is 4.43 Å². The number of allylic oxidation sites excluding steroid dienone is 2. The Labute approximate surface area is 207 Å². The Balaban J connectivity index is 1.55. The highest BCUT2D eigenvalue weighted by atomic mass is 28.4. The van der Waals surface area contributed by atoms with Crippen LogP contribution in [0.25, 0.3) is 0 Å². The maximum atomic E-state index is 7.31. The quantitative estimate of drug-likeness (QED) is 0.277. The second kappa shape index (κ2) is 8.95. The van der Waals surface area contributed by atoms with Gasteiger partial charge in [0.2, 0.25) is 8.32 Å². The van der Waals surface area contributed by atoms with Crippen LogP contribution in [0, 0.1) is 34.5 Å². The van der Waals surface area contributed by atoms with Crippen LogP contribution in [-0.4, -0.2) is 14.4 Å². The maximum absolute atomic E-state index is 7.31. The van der Waals surface area contributed by atoms with Crippen molar-refractivity contribution >= 4 is 8.32 Å². The lowest BCUT2D eigenvalue weighted by molar-refractivity contribution is -0.0445. The first kappa shape index (κ1) is 25.7. The van der Waals surface area contributed by atoms with Gasteiger partial charge in [0.15, 0.2) is 0 Å². The Morgan fingerprint density at radius 1 is 0.939 bits per heavy atom. The van der Waals surface area contributed by atoms with E-state index >= 15 is 0 Å². The zero-order chi connectivity index (χ0) is 24.3. The number of rotatable bonds is 6. The molecule has 0 amide bonds.